The number of thiazole rings is 1. The summed E-state index contributed by atoms with van der Waals surface area (Å²) in [6.45, 7) is 5.01. The minimum atomic E-state index is -4.16. The molecule has 11 nitrogen and oxygen atoms in total. The molecular formula is C25H29ClFN5O6S2. The Bertz CT molecular complexity index is 1450. The summed E-state index contributed by atoms with van der Waals surface area (Å²) in [6, 6.07) is 2.92. The van der Waals surface area contributed by atoms with Crippen molar-refractivity contribution in [1.82, 2.24) is 19.3 Å². The van der Waals surface area contributed by atoms with Crippen LogP contribution in [0, 0.1) is 11.7 Å². The average molecular weight is 614 g/mol. The molecule has 1 atom stereocenters. The Labute approximate surface area is 240 Å². The maximum atomic E-state index is 13.9. The highest BCUT2D eigenvalue weighted by Gasteiger charge is 2.39. The lowest BCUT2D eigenvalue weighted by molar-refractivity contribution is -0.136. The predicted molar refractivity (Wildman–Crippen MR) is 148 cm³/mol. The van der Waals surface area contributed by atoms with Crippen LogP contribution in [0.1, 0.15) is 50.2 Å². The van der Waals surface area contributed by atoms with E-state index in [2.05, 4.69) is 10.3 Å². The summed E-state index contributed by atoms with van der Waals surface area (Å²) in [5.41, 5.74) is 0.216. The number of amides is 1. The number of hydrogen-bond acceptors (Lipinski definition) is 10. The molecule has 2 N–H and O–H groups in total. The quantitative estimate of drug-likeness (QED) is 0.467. The van der Waals surface area contributed by atoms with E-state index < -0.39 is 39.7 Å². The van der Waals surface area contributed by atoms with E-state index in [9.17, 15) is 22.4 Å². The fourth-order valence-electron chi connectivity index (χ4n) is 4.47. The number of aliphatic imine (C=N–C) groups is 1. The second-order valence-corrected chi connectivity index (χ2v) is 13.1. The second-order valence-electron chi connectivity index (χ2n) is 10.1. The van der Waals surface area contributed by atoms with Crippen LogP contribution in [-0.2, 0) is 24.5 Å². The summed E-state index contributed by atoms with van der Waals surface area (Å²) in [6.07, 6.45) is 1.17. The Morgan fingerprint density at radius 3 is 2.52 bits per heavy atom. The molecule has 4 rings (SSSR count). The standard InChI is InChI=1S/C25H29ClFN5O6S2/c1-25(2,3)38-24(34)31-40(35,36)32-10-7-14(8-11-32)19-18(23(33)37-4)20(16-6-5-15(27)13-17(16)26)30-21(29-19)22-28-9-12-39-22/h5-6,9,12-14,20H,7-8,10-11H2,1-4H3,(H,29,30)(H,31,34). The monoisotopic (exact) mass is 613 g/mol. The van der Waals surface area contributed by atoms with Gasteiger partial charge in [0.1, 0.15) is 17.5 Å². The van der Waals surface area contributed by atoms with Crippen LogP contribution >= 0.6 is 22.9 Å². The first-order valence-electron chi connectivity index (χ1n) is 12.3. The molecule has 0 saturated carbocycles. The molecule has 3 heterocycles. The summed E-state index contributed by atoms with van der Waals surface area (Å²) in [7, 11) is -2.91. The summed E-state index contributed by atoms with van der Waals surface area (Å²) in [5.74, 6) is -1.11. The van der Waals surface area contributed by atoms with Crippen LogP contribution in [-0.4, -0.2) is 61.4 Å². The maximum Gasteiger partial charge on any atom is 0.422 e. The SMILES string of the molecule is COC(=O)C1=C(C2CCN(S(=O)(=O)NC(=O)OC(C)(C)C)CC2)NC(c2nccs2)=NC1c1ccc(F)cc1Cl. The zero-order valence-electron chi connectivity index (χ0n) is 22.2. The van der Waals surface area contributed by atoms with Crippen LogP contribution in [0.5, 0.6) is 0 Å². The van der Waals surface area contributed by atoms with E-state index in [-0.39, 0.29) is 29.6 Å². The Kier molecular flexibility index (Phi) is 8.83. The highest BCUT2D eigenvalue weighted by atomic mass is 35.5. The van der Waals surface area contributed by atoms with Crippen LogP contribution in [0.2, 0.25) is 5.02 Å². The Morgan fingerprint density at radius 1 is 1.25 bits per heavy atom. The number of benzene rings is 1. The summed E-state index contributed by atoms with van der Waals surface area (Å²) in [4.78, 5) is 34.3. The lowest BCUT2D eigenvalue weighted by Gasteiger charge is -2.36. The Balaban J connectivity index is 1.65. The average Bonchev–Trinajstić information content (AvgIpc) is 3.41. The zero-order valence-corrected chi connectivity index (χ0v) is 24.6. The number of piperidine rings is 1. The van der Waals surface area contributed by atoms with E-state index >= 15 is 0 Å². The molecule has 1 unspecified atom stereocenters. The molecular weight excluding hydrogens is 585 g/mol. The highest BCUT2D eigenvalue weighted by Crippen LogP contribution is 2.40. The second kappa shape index (κ2) is 11.8. The molecule has 0 aliphatic carbocycles. The van der Waals surface area contributed by atoms with E-state index in [4.69, 9.17) is 26.1 Å². The number of aromatic nitrogens is 1. The van der Waals surface area contributed by atoms with Crippen LogP contribution in [0.3, 0.4) is 0 Å². The molecule has 2 aliphatic rings. The van der Waals surface area contributed by atoms with E-state index in [1.54, 1.807) is 32.3 Å². The summed E-state index contributed by atoms with van der Waals surface area (Å²) >= 11 is 7.73. The number of nitrogens with zero attached hydrogens (tertiary/aromatic N) is 3. The number of halogens is 2. The van der Waals surface area contributed by atoms with Crippen LogP contribution < -0.4 is 10.0 Å². The third-order valence-corrected chi connectivity index (χ3v) is 8.76. The number of carbonyl (C=O) groups is 2. The zero-order chi connectivity index (χ0) is 29.2. The smallest absolute Gasteiger partial charge is 0.422 e. The van der Waals surface area contributed by atoms with Gasteiger partial charge in [-0.05, 0) is 45.7 Å². The molecule has 2 aromatic rings. The van der Waals surface area contributed by atoms with Gasteiger partial charge in [-0.1, -0.05) is 17.7 Å². The fraction of sp³-hybridized carbons (Fsp3) is 0.440. The van der Waals surface area contributed by atoms with Gasteiger partial charge in [0.25, 0.3) is 0 Å². The van der Waals surface area contributed by atoms with Crippen molar-refractivity contribution in [1.29, 1.82) is 0 Å². The van der Waals surface area contributed by atoms with Crippen molar-refractivity contribution in [3.8, 4) is 0 Å². The molecule has 0 bridgehead atoms. The number of esters is 1. The van der Waals surface area contributed by atoms with Gasteiger partial charge in [0.05, 0.1) is 12.7 Å². The molecule has 1 amide bonds. The Morgan fingerprint density at radius 2 is 1.95 bits per heavy atom. The lowest BCUT2D eigenvalue weighted by Crippen LogP contribution is -2.49. The van der Waals surface area contributed by atoms with E-state index in [0.29, 0.717) is 34.9 Å². The first kappa shape index (κ1) is 29.9. The predicted octanol–water partition coefficient (Wildman–Crippen LogP) is 3.94. The van der Waals surface area contributed by atoms with Crippen molar-refractivity contribution in [2.75, 3.05) is 20.2 Å². The van der Waals surface area contributed by atoms with Gasteiger partial charge in [0.15, 0.2) is 10.8 Å². The van der Waals surface area contributed by atoms with Crippen molar-refractivity contribution >= 4 is 51.0 Å². The van der Waals surface area contributed by atoms with E-state index in [1.165, 1.54) is 30.6 Å². The van der Waals surface area contributed by atoms with Gasteiger partial charge >= 0.3 is 22.3 Å². The highest BCUT2D eigenvalue weighted by molar-refractivity contribution is 7.87. The number of rotatable bonds is 6. The number of ether oxygens (including phenoxy) is 2. The molecule has 15 heteroatoms. The normalized spacial score (nSPS) is 19.1. The van der Waals surface area contributed by atoms with Gasteiger partial charge in [0.2, 0.25) is 0 Å². The van der Waals surface area contributed by atoms with Gasteiger partial charge in [-0.2, -0.15) is 12.7 Å². The third kappa shape index (κ3) is 6.79. The largest absolute Gasteiger partial charge is 0.466 e. The van der Waals surface area contributed by atoms with E-state index in [1.807, 2.05) is 4.72 Å². The molecule has 2 aliphatic heterocycles. The van der Waals surface area contributed by atoms with Crippen molar-refractivity contribution in [3.05, 3.63) is 62.5 Å². The minimum absolute atomic E-state index is 0.0636. The van der Waals surface area contributed by atoms with Crippen molar-refractivity contribution in [2.24, 2.45) is 10.9 Å². The molecule has 1 aromatic carbocycles. The van der Waals surface area contributed by atoms with Crippen molar-refractivity contribution < 1.29 is 31.9 Å². The Hall–Kier alpha value is -3.07. The number of hydrogen-bond donors (Lipinski definition) is 2. The third-order valence-electron chi connectivity index (χ3n) is 6.19. The molecule has 1 saturated heterocycles. The van der Waals surface area contributed by atoms with Crippen LogP contribution in [0.15, 0.2) is 46.0 Å². The fourth-order valence-corrected chi connectivity index (χ4v) is 6.40. The van der Waals surface area contributed by atoms with Crippen molar-refractivity contribution in [2.45, 2.75) is 45.3 Å². The van der Waals surface area contributed by atoms with Gasteiger partial charge in [-0.3, -0.25) is 4.99 Å². The number of amidine groups is 1. The van der Waals surface area contributed by atoms with E-state index in [0.717, 1.165) is 10.4 Å². The first-order valence-corrected chi connectivity index (χ1v) is 15.0. The topological polar surface area (TPSA) is 139 Å². The van der Waals surface area contributed by atoms with Gasteiger partial charge < -0.3 is 14.8 Å². The molecule has 216 valence electrons. The van der Waals surface area contributed by atoms with Gasteiger partial charge in [-0.25, -0.2) is 23.7 Å². The van der Waals surface area contributed by atoms with Gasteiger partial charge in [-0.15, -0.1) is 11.3 Å². The molecule has 0 spiro atoms. The molecule has 0 radical (unpaired) electrons. The molecule has 1 aromatic heterocycles. The molecule has 40 heavy (non-hydrogen) atoms. The number of allylic oxidation sites excluding steroid dienone is 1. The lowest BCUT2D eigenvalue weighted by atomic mass is 9.86. The number of nitrogens with one attached hydrogen (secondary N) is 2. The summed E-state index contributed by atoms with van der Waals surface area (Å²) < 4.78 is 52.8. The van der Waals surface area contributed by atoms with Crippen LogP contribution in [0.4, 0.5) is 9.18 Å². The number of carbonyl (C=O) groups excluding carboxylic acids is 2. The number of methoxy groups -OCH3 is 1. The first-order chi connectivity index (χ1) is 18.8. The van der Waals surface area contributed by atoms with Gasteiger partial charge in [0, 0.05) is 46.9 Å². The van der Waals surface area contributed by atoms with Crippen molar-refractivity contribution in [3.63, 3.8) is 0 Å². The molecule has 1 fully saturated rings. The maximum absolute atomic E-state index is 13.9. The minimum Gasteiger partial charge on any atom is -0.466 e. The summed E-state index contributed by atoms with van der Waals surface area (Å²) in [5, 5.41) is 5.66. The van der Waals surface area contributed by atoms with Crippen LogP contribution in [0.25, 0.3) is 0 Å².